The first-order chi connectivity index (χ1) is 6.04. The topological polar surface area (TPSA) is 38.9 Å². The summed E-state index contributed by atoms with van der Waals surface area (Å²) in [6, 6.07) is 0. The lowest BCUT2D eigenvalue weighted by Gasteiger charge is -2.10. The van der Waals surface area contributed by atoms with E-state index < -0.39 is 0 Å². The van der Waals surface area contributed by atoms with Crippen LogP contribution in [-0.4, -0.2) is 16.1 Å². The van der Waals surface area contributed by atoms with Gasteiger partial charge in [-0.15, -0.1) is 21.8 Å². The first-order valence-corrected chi connectivity index (χ1v) is 4.96. The number of aromatic nitrogens is 2. The second-order valence-electron chi connectivity index (χ2n) is 4.04. The third kappa shape index (κ3) is 2.99. The normalized spacial score (nSPS) is 12.0. The lowest BCUT2D eigenvalue weighted by molar-refractivity contribution is 0.371. The Morgan fingerprint density at radius 3 is 2.46 bits per heavy atom. The largest absolute Gasteiger partial charge is 0.425 e. The zero-order chi connectivity index (χ0) is 9.90. The number of hydrogen-bond acceptors (Lipinski definition) is 3. The van der Waals surface area contributed by atoms with Crippen LogP contribution in [0.3, 0.4) is 0 Å². The summed E-state index contributed by atoms with van der Waals surface area (Å²) in [6.45, 7) is 6.14. The SMILES string of the molecule is CC(C)(C)c1nnc(CCCCl)o1. The predicted molar refractivity (Wildman–Crippen MR) is 52.0 cm³/mol. The summed E-state index contributed by atoms with van der Waals surface area (Å²) in [6.07, 6.45) is 1.65. The number of alkyl halides is 1. The maximum Gasteiger partial charge on any atom is 0.221 e. The molecule has 4 heteroatoms. The van der Waals surface area contributed by atoms with Crippen LogP contribution >= 0.6 is 11.6 Å². The maximum absolute atomic E-state index is 5.56. The molecule has 0 unspecified atom stereocenters. The number of nitrogens with zero attached hydrogens (tertiary/aromatic N) is 2. The van der Waals surface area contributed by atoms with Gasteiger partial charge in [-0.05, 0) is 6.42 Å². The fourth-order valence-corrected chi connectivity index (χ4v) is 1.01. The highest BCUT2D eigenvalue weighted by atomic mass is 35.5. The number of aryl methyl sites for hydroxylation is 1. The Kier molecular flexibility index (Phi) is 3.31. The molecule has 0 N–H and O–H groups in total. The van der Waals surface area contributed by atoms with Crippen LogP contribution in [0.25, 0.3) is 0 Å². The van der Waals surface area contributed by atoms with Gasteiger partial charge in [-0.3, -0.25) is 0 Å². The molecule has 0 radical (unpaired) electrons. The maximum atomic E-state index is 5.56. The van der Waals surface area contributed by atoms with Crippen molar-refractivity contribution in [2.75, 3.05) is 5.88 Å². The van der Waals surface area contributed by atoms with E-state index in [4.69, 9.17) is 16.0 Å². The molecule has 1 rings (SSSR count). The molecule has 0 bridgehead atoms. The molecule has 0 saturated heterocycles. The molecular weight excluding hydrogens is 188 g/mol. The van der Waals surface area contributed by atoms with E-state index in [9.17, 15) is 0 Å². The van der Waals surface area contributed by atoms with E-state index in [-0.39, 0.29) is 5.41 Å². The summed E-state index contributed by atoms with van der Waals surface area (Å²) in [5, 5.41) is 7.93. The highest BCUT2D eigenvalue weighted by molar-refractivity contribution is 6.17. The van der Waals surface area contributed by atoms with Crippen molar-refractivity contribution in [2.45, 2.75) is 39.0 Å². The van der Waals surface area contributed by atoms with Gasteiger partial charge in [-0.25, -0.2) is 0 Å². The van der Waals surface area contributed by atoms with Crippen LogP contribution in [0.1, 0.15) is 39.0 Å². The molecule has 1 aromatic heterocycles. The smallest absolute Gasteiger partial charge is 0.221 e. The monoisotopic (exact) mass is 202 g/mol. The second-order valence-corrected chi connectivity index (χ2v) is 4.42. The van der Waals surface area contributed by atoms with Gasteiger partial charge in [-0.2, -0.15) is 0 Å². The average molecular weight is 203 g/mol. The molecule has 0 saturated carbocycles. The van der Waals surface area contributed by atoms with Gasteiger partial charge in [0.05, 0.1) is 0 Å². The van der Waals surface area contributed by atoms with Crippen molar-refractivity contribution in [3.8, 4) is 0 Å². The minimum atomic E-state index is -0.0633. The van der Waals surface area contributed by atoms with Crippen molar-refractivity contribution in [3.63, 3.8) is 0 Å². The van der Waals surface area contributed by atoms with Crippen LogP contribution in [-0.2, 0) is 11.8 Å². The van der Waals surface area contributed by atoms with Gasteiger partial charge in [0, 0.05) is 17.7 Å². The molecule has 0 aliphatic heterocycles. The van der Waals surface area contributed by atoms with E-state index in [1.54, 1.807) is 0 Å². The summed E-state index contributed by atoms with van der Waals surface area (Å²) in [7, 11) is 0. The van der Waals surface area contributed by atoms with Crippen LogP contribution in [0.15, 0.2) is 4.42 Å². The van der Waals surface area contributed by atoms with Gasteiger partial charge < -0.3 is 4.42 Å². The van der Waals surface area contributed by atoms with Crippen molar-refractivity contribution < 1.29 is 4.42 Å². The van der Waals surface area contributed by atoms with E-state index >= 15 is 0 Å². The summed E-state index contributed by atoms with van der Waals surface area (Å²) in [5.41, 5.74) is -0.0633. The number of rotatable bonds is 3. The standard InChI is InChI=1S/C9H15ClN2O/c1-9(2,3)8-12-11-7(13-8)5-4-6-10/h4-6H2,1-3H3. The molecular formula is C9H15ClN2O. The second kappa shape index (κ2) is 4.09. The Morgan fingerprint density at radius 2 is 2.00 bits per heavy atom. The summed E-state index contributed by atoms with van der Waals surface area (Å²) in [5.74, 6) is 2.01. The van der Waals surface area contributed by atoms with Crippen molar-refractivity contribution >= 4 is 11.6 Å². The van der Waals surface area contributed by atoms with Gasteiger partial charge >= 0.3 is 0 Å². The zero-order valence-corrected chi connectivity index (χ0v) is 9.06. The van der Waals surface area contributed by atoms with Gasteiger partial charge in [0.25, 0.3) is 0 Å². The summed E-state index contributed by atoms with van der Waals surface area (Å²) < 4.78 is 5.47. The van der Waals surface area contributed by atoms with Gasteiger partial charge in [0.1, 0.15) is 0 Å². The molecule has 0 spiro atoms. The number of halogens is 1. The minimum Gasteiger partial charge on any atom is -0.425 e. The minimum absolute atomic E-state index is 0.0633. The van der Waals surface area contributed by atoms with Crippen LogP contribution in [0.2, 0.25) is 0 Å². The Morgan fingerprint density at radius 1 is 1.31 bits per heavy atom. The van der Waals surface area contributed by atoms with Crippen LogP contribution in [0.5, 0.6) is 0 Å². The van der Waals surface area contributed by atoms with Crippen molar-refractivity contribution in [2.24, 2.45) is 0 Å². The molecule has 13 heavy (non-hydrogen) atoms. The molecule has 1 heterocycles. The molecule has 0 aliphatic rings. The van der Waals surface area contributed by atoms with Crippen LogP contribution < -0.4 is 0 Å². The molecule has 0 aliphatic carbocycles. The van der Waals surface area contributed by atoms with Crippen LogP contribution in [0.4, 0.5) is 0 Å². The van der Waals surface area contributed by atoms with E-state index in [0.29, 0.717) is 17.7 Å². The first-order valence-electron chi connectivity index (χ1n) is 4.43. The van der Waals surface area contributed by atoms with E-state index in [1.807, 2.05) is 20.8 Å². The third-order valence-electron chi connectivity index (χ3n) is 1.63. The summed E-state index contributed by atoms with van der Waals surface area (Å²) in [4.78, 5) is 0. The van der Waals surface area contributed by atoms with Crippen molar-refractivity contribution in [1.29, 1.82) is 0 Å². The molecule has 0 fully saturated rings. The van der Waals surface area contributed by atoms with Crippen molar-refractivity contribution in [3.05, 3.63) is 11.8 Å². The quantitative estimate of drug-likeness (QED) is 0.708. The lowest BCUT2D eigenvalue weighted by atomic mass is 9.97. The van der Waals surface area contributed by atoms with Crippen molar-refractivity contribution in [1.82, 2.24) is 10.2 Å². The first kappa shape index (κ1) is 10.5. The van der Waals surface area contributed by atoms with E-state index in [0.717, 1.165) is 12.8 Å². The van der Waals surface area contributed by atoms with E-state index in [1.165, 1.54) is 0 Å². The Labute approximate surface area is 83.5 Å². The van der Waals surface area contributed by atoms with Gasteiger partial charge in [0.15, 0.2) is 0 Å². The molecule has 74 valence electrons. The Balaban J connectivity index is 2.64. The highest BCUT2D eigenvalue weighted by Crippen LogP contribution is 2.20. The Hall–Kier alpha value is -0.570. The van der Waals surface area contributed by atoms with Gasteiger partial charge in [0.2, 0.25) is 11.8 Å². The third-order valence-corrected chi connectivity index (χ3v) is 1.90. The predicted octanol–water partition coefficient (Wildman–Crippen LogP) is 2.54. The molecule has 1 aromatic rings. The molecule has 0 amide bonds. The average Bonchev–Trinajstić information content (AvgIpc) is 2.47. The van der Waals surface area contributed by atoms with Gasteiger partial charge in [-0.1, -0.05) is 20.8 Å². The molecule has 0 atom stereocenters. The summed E-state index contributed by atoms with van der Waals surface area (Å²) >= 11 is 5.56. The molecule has 0 aromatic carbocycles. The van der Waals surface area contributed by atoms with E-state index in [2.05, 4.69) is 10.2 Å². The fourth-order valence-electron chi connectivity index (χ4n) is 0.876. The number of hydrogen-bond donors (Lipinski definition) is 0. The zero-order valence-electron chi connectivity index (χ0n) is 8.30. The molecule has 3 nitrogen and oxygen atoms in total. The Bertz CT molecular complexity index is 265. The lowest BCUT2D eigenvalue weighted by Crippen LogP contribution is -2.11. The highest BCUT2D eigenvalue weighted by Gasteiger charge is 2.20. The van der Waals surface area contributed by atoms with Crippen LogP contribution in [0, 0.1) is 0 Å². The fraction of sp³-hybridized carbons (Fsp3) is 0.778.